The van der Waals surface area contributed by atoms with E-state index >= 15 is 0 Å². The van der Waals surface area contributed by atoms with Gasteiger partial charge < -0.3 is 30.0 Å². The van der Waals surface area contributed by atoms with Gasteiger partial charge >= 0.3 is 0 Å². The predicted octanol–water partition coefficient (Wildman–Crippen LogP) is 1.99. The number of rotatable bonds is 8. The molecule has 2 aliphatic heterocycles. The van der Waals surface area contributed by atoms with E-state index in [1.807, 2.05) is 6.92 Å². The maximum atomic E-state index is 12.0. The molecule has 3 heterocycles. The van der Waals surface area contributed by atoms with Gasteiger partial charge in [0.05, 0.1) is 12.9 Å². The van der Waals surface area contributed by atoms with E-state index in [1.54, 1.807) is 13.1 Å². The Morgan fingerprint density at radius 2 is 2.00 bits per heavy atom. The van der Waals surface area contributed by atoms with Crippen LogP contribution in [-0.4, -0.2) is 75.8 Å². The number of amides is 1. The first-order chi connectivity index (χ1) is 14.2. The minimum absolute atomic E-state index is 0. The molecule has 1 amide bonds. The van der Waals surface area contributed by atoms with Crippen LogP contribution in [0, 0.1) is 12.8 Å². The second-order valence-corrected chi connectivity index (χ2v) is 7.99. The lowest BCUT2D eigenvalue weighted by Crippen LogP contribution is -2.49. The molecule has 8 nitrogen and oxygen atoms in total. The van der Waals surface area contributed by atoms with Crippen molar-refractivity contribution in [3.05, 3.63) is 23.7 Å². The van der Waals surface area contributed by atoms with Gasteiger partial charge in [-0.1, -0.05) is 0 Å². The Morgan fingerprint density at radius 3 is 2.63 bits per heavy atom. The third-order valence-electron chi connectivity index (χ3n) is 5.69. The number of hydrogen-bond acceptors (Lipinski definition) is 5. The van der Waals surface area contributed by atoms with Crippen LogP contribution >= 0.6 is 24.0 Å². The normalized spacial score (nSPS) is 20.6. The van der Waals surface area contributed by atoms with E-state index in [-0.39, 0.29) is 29.9 Å². The molecule has 3 N–H and O–H groups in total. The third kappa shape index (κ3) is 7.73. The standard InChI is InChI=1S/C21H35N5O3.HI/c1-16-6-13-29-19(16)20(27)23-8-3-9-24-21(22-2)25-18-4-10-26(11-5-18)14-17-7-12-28-15-17;/h6,13,17-18H,3-5,7-12,14-15H2,1-2H3,(H,23,27)(H2,22,24,25);1H. The molecule has 0 radical (unpaired) electrons. The summed E-state index contributed by atoms with van der Waals surface area (Å²) >= 11 is 0. The SMILES string of the molecule is CN=C(NCCCNC(=O)c1occc1C)NC1CCN(CC2CCOC2)CC1.I. The number of ether oxygens (including phenoxy) is 1. The summed E-state index contributed by atoms with van der Waals surface area (Å²) in [6.45, 7) is 8.48. The number of aryl methyl sites for hydroxylation is 1. The van der Waals surface area contributed by atoms with Gasteiger partial charge in [0.1, 0.15) is 0 Å². The zero-order valence-electron chi connectivity index (χ0n) is 18.1. The van der Waals surface area contributed by atoms with E-state index in [4.69, 9.17) is 9.15 Å². The van der Waals surface area contributed by atoms with Gasteiger partial charge in [-0.15, -0.1) is 24.0 Å². The number of nitrogens with one attached hydrogen (secondary N) is 3. The molecule has 2 aliphatic rings. The highest BCUT2D eigenvalue weighted by atomic mass is 127. The van der Waals surface area contributed by atoms with Crippen LogP contribution < -0.4 is 16.0 Å². The van der Waals surface area contributed by atoms with Gasteiger partial charge in [0, 0.05) is 58.0 Å². The van der Waals surface area contributed by atoms with Crippen LogP contribution in [0.4, 0.5) is 0 Å². The number of piperidine rings is 1. The number of carbonyl (C=O) groups is 1. The van der Waals surface area contributed by atoms with Crippen LogP contribution in [0.15, 0.2) is 21.7 Å². The van der Waals surface area contributed by atoms with Crippen molar-refractivity contribution in [2.45, 2.75) is 38.6 Å². The number of nitrogens with zero attached hydrogens (tertiary/aromatic N) is 2. The van der Waals surface area contributed by atoms with Gasteiger partial charge in [-0.05, 0) is 44.6 Å². The van der Waals surface area contributed by atoms with Gasteiger partial charge in [-0.3, -0.25) is 9.79 Å². The maximum Gasteiger partial charge on any atom is 0.287 e. The molecule has 0 bridgehead atoms. The number of carbonyl (C=O) groups excluding carboxylic acids is 1. The molecule has 1 unspecified atom stereocenters. The second kappa shape index (κ2) is 13.2. The fourth-order valence-electron chi connectivity index (χ4n) is 3.92. The molecule has 2 saturated heterocycles. The Bertz CT molecular complexity index is 667. The van der Waals surface area contributed by atoms with Crippen molar-refractivity contribution in [3.63, 3.8) is 0 Å². The van der Waals surface area contributed by atoms with Crippen LogP contribution in [0.1, 0.15) is 41.8 Å². The fourth-order valence-corrected chi connectivity index (χ4v) is 3.92. The van der Waals surface area contributed by atoms with Crippen molar-refractivity contribution in [3.8, 4) is 0 Å². The van der Waals surface area contributed by atoms with Crippen LogP contribution in [0.5, 0.6) is 0 Å². The molecule has 170 valence electrons. The minimum Gasteiger partial charge on any atom is -0.459 e. The summed E-state index contributed by atoms with van der Waals surface area (Å²) in [6, 6.07) is 2.25. The first-order valence-electron chi connectivity index (χ1n) is 10.7. The molecule has 0 aromatic carbocycles. The topological polar surface area (TPSA) is 91.1 Å². The zero-order valence-corrected chi connectivity index (χ0v) is 20.4. The highest BCUT2D eigenvalue weighted by Gasteiger charge is 2.24. The summed E-state index contributed by atoms with van der Waals surface area (Å²) in [5.74, 6) is 1.78. The first kappa shape index (κ1) is 24.9. The maximum absolute atomic E-state index is 12.0. The van der Waals surface area contributed by atoms with Crippen molar-refractivity contribution in [1.29, 1.82) is 0 Å². The number of likely N-dealkylation sites (tertiary alicyclic amines) is 1. The molecule has 0 spiro atoms. The molecular weight excluding hydrogens is 497 g/mol. The van der Waals surface area contributed by atoms with Crippen molar-refractivity contribution in [2.24, 2.45) is 10.9 Å². The smallest absolute Gasteiger partial charge is 0.287 e. The molecule has 30 heavy (non-hydrogen) atoms. The number of guanidine groups is 1. The minimum atomic E-state index is -0.161. The number of halogens is 1. The quantitative estimate of drug-likeness (QED) is 0.205. The average Bonchev–Trinajstić information content (AvgIpc) is 3.39. The van der Waals surface area contributed by atoms with Crippen LogP contribution in [0.2, 0.25) is 0 Å². The van der Waals surface area contributed by atoms with Gasteiger partial charge in [-0.25, -0.2) is 0 Å². The van der Waals surface area contributed by atoms with E-state index in [0.717, 1.165) is 63.6 Å². The number of aliphatic imine (C=N–C) groups is 1. The lowest BCUT2D eigenvalue weighted by Gasteiger charge is -2.34. The van der Waals surface area contributed by atoms with E-state index < -0.39 is 0 Å². The molecule has 3 rings (SSSR count). The Labute approximate surface area is 196 Å². The molecule has 0 saturated carbocycles. The predicted molar refractivity (Wildman–Crippen MR) is 129 cm³/mol. The Hall–Kier alpha value is -1.33. The molecule has 1 aromatic heterocycles. The van der Waals surface area contributed by atoms with Crippen molar-refractivity contribution in [2.75, 3.05) is 53.0 Å². The van der Waals surface area contributed by atoms with Crippen LogP contribution in [0.25, 0.3) is 0 Å². The van der Waals surface area contributed by atoms with Crippen LogP contribution in [0.3, 0.4) is 0 Å². The summed E-state index contributed by atoms with van der Waals surface area (Å²) in [7, 11) is 1.80. The summed E-state index contributed by atoms with van der Waals surface area (Å²) < 4.78 is 10.7. The monoisotopic (exact) mass is 533 g/mol. The molecule has 0 aliphatic carbocycles. The van der Waals surface area contributed by atoms with Crippen molar-refractivity contribution < 1.29 is 13.9 Å². The van der Waals surface area contributed by atoms with Gasteiger partial charge in [0.2, 0.25) is 0 Å². The molecular formula is C21H36IN5O3. The van der Waals surface area contributed by atoms with E-state index in [9.17, 15) is 4.79 Å². The molecule has 1 atom stereocenters. The van der Waals surface area contributed by atoms with E-state index in [2.05, 4.69) is 25.8 Å². The Kier molecular flexibility index (Phi) is 10.9. The number of hydrogen-bond donors (Lipinski definition) is 3. The summed E-state index contributed by atoms with van der Waals surface area (Å²) in [4.78, 5) is 18.9. The molecule has 9 heteroatoms. The number of furan rings is 1. The van der Waals surface area contributed by atoms with E-state index in [0.29, 0.717) is 24.3 Å². The summed E-state index contributed by atoms with van der Waals surface area (Å²) in [6.07, 6.45) is 5.82. The Morgan fingerprint density at radius 1 is 1.23 bits per heavy atom. The fraction of sp³-hybridized carbons (Fsp3) is 0.714. The second-order valence-electron chi connectivity index (χ2n) is 7.99. The van der Waals surface area contributed by atoms with Gasteiger partial charge in [0.25, 0.3) is 5.91 Å². The first-order valence-corrected chi connectivity index (χ1v) is 10.7. The highest BCUT2D eigenvalue weighted by molar-refractivity contribution is 14.0. The van der Waals surface area contributed by atoms with Gasteiger partial charge in [-0.2, -0.15) is 0 Å². The zero-order chi connectivity index (χ0) is 20.5. The summed E-state index contributed by atoms with van der Waals surface area (Å²) in [5, 5.41) is 9.76. The van der Waals surface area contributed by atoms with Crippen LogP contribution in [-0.2, 0) is 4.74 Å². The average molecular weight is 533 g/mol. The molecule has 1 aromatic rings. The lowest BCUT2D eigenvalue weighted by atomic mass is 10.0. The van der Waals surface area contributed by atoms with Crippen molar-refractivity contribution >= 4 is 35.8 Å². The lowest BCUT2D eigenvalue weighted by molar-refractivity contribution is 0.0925. The largest absolute Gasteiger partial charge is 0.459 e. The van der Waals surface area contributed by atoms with E-state index in [1.165, 1.54) is 19.2 Å². The summed E-state index contributed by atoms with van der Waals surface area (Å²) in [5.41, 5.74) is 0.854. The molecule has 2 fully saturated rings. The third-order valence-corrected chi connectivity index (χ3v) is 5.69. The highest BCUT2D eigenvalue weighted by Crippen LogP contribution is 2.17. The van der Waals surface area contributed by atoms with Gasteiger partial charge in [0.15, 0.2) is 11.7 Å². The Balaban J connectivity index is 0.00000320. The van der Waals surface area contributed by atoms with Crippen molar-refractivity contribution in [1.82, 2.24) is 20.9 Å².